The maximum Gasteiger partial charge on any atom is 0.227 e. The van der Waals surface area contributed by atoms with Crippen LogP contribution in [0.5, 0.6) is 0 Å². The lowest BCUT2D eigenvalue weighted by Gasteiger charge is -2.35. The lowest BCUT2D eigenvalue weighted by molar-refractivity contribution is -0.129. The van der Waals surface area contributed by atoms with E-state index in [0.29, 0.717) is 17.6 Å². The highest BCUT2D eigenvalue weighted by atomic mass is 16.4. The molecular formula is C22H28N6O2. The normalized spacial score (nSPS) is 16.3. The van der Waals surface area contributed by atoms with E-state index in [-0.39, 0.29) is 6.54 Å². The number of aryl methyl sites for hydroxylation is 1. The summed E-state index contributed by atoms with van der Waals surface area (Å²) in [4.78, 5) is 8.96. The molecule has 0 aliphatic heterocycles. The SMILES string of the molecule is Cc1cc(Nc2nccc(C3CC3)n2)cc(-c2cn(C[C@@](C)(O)C(C)(C)O)nn2)c1. The van der Waals surface area contributed by atoms with Gasteiger partial charge in [-0.2, -0.15) is 0 Å². The molecule has 1 atom stereocenters. The molecule has 0 bridgehead atoms. The molecule has 4 rings (SSSR count). The van der Waals surface area contributed by atoms with Gasteiger partial charge in [0.05, 0.1) is 18.3 Å². The minimum atomic E-state index is -1.35. The third kappa shape index (κ3) is 4.49. The van der Waals surface area contributed by atoms with Crippen molar-refractivity contribution < 1.29 is 10.2 Å². The van der Waals surface area contributed by atoms with Gasteiger partial charge in [0.1, 0.15) is 11.3 Å². The van der Waals surface area contributed by atoms with Gasteiger partial charge in [0, 0.05) is 29.1 Å². The van der Waals surface area contributed by atoms with E-state index in [1.54, 1.807) is 37.8 Å². The Morgan fingerprint density at radius 3 is 2.63 bits per heavy atom. The van der Waals surface area contributed by atoms with Crippen molar-refractivity contribution in [2.24, 2.45) is 0 Å². The predicted molar refractivity (Wildman–Crippen MR) is 114 cm³/mol. The maximum atomic E-state index is 10.5. The van der Waals surface area contributed by atoms with Crippen molar-refractivity contribution >= 4 is 11.6 Å². The zero-order valence-corrected chi connectivity index (χ0v) is 17.8. The molecule has 8 heteroatoms. The Morgan fingerprint density at radius 2 is 1.93 bits per heavy atom. The van der Waals surface area contributed by atoms with Crippen molar-refractivity contribution in [1.82, 2.24) is 25.0 Å². The molecule has 0 unspecified atom stereocenters. The summed E-state index contributed by atoms with van der Waals surface area (Å²) < 4.78 is 1.55. The summed E-state index contributed by atoms with van der Waals surface area (Å²) in [5, 5.41) is 32.4. The van der Waals surface area contributed by atoms with Gasteiger partial charge in [-0.15, -0.1) is 5.10 Å². The van der Waals surface area contributed by atoms with E-state index in [0.717, 1.165) is 22.5 Å². The van der Waals surface area contributed by atoms with Crippen molar-refractivity contribution in [3.05, 3.63) is 47.9 Å². The molecule has 158 valence electrons. The third-order valence-corrected chi connectivity index (χ3v) is 5.63. The van der Waals surface area contributed by atoms with E-state index in [1.807, 2.05) is 31.2 Å². The van der Waals surface area contributed by atoms with E-state index in [9.17, 15) is 10.2 Å². The smallest absolute Gasteiger partial charge is 0.227 e. The maximum absolute atomic E-state index is 10.5. The summed E-state index contributed by atoms with van der Waals surface area (Å²) in [5.74, 6) is 1.15. The molecule has 2 aromatic heterocycles. The zero-order valence-electron chi connectivity index (χ0n) is 17.8. The van der Waals surface area contributed by atoms with Gasteiger partial charge in [0.25, 0.3) is 0 Å². The monoisotopic (exact) mass is 408 g/mol. The molecule has 3 N–H and O–H groups in total. The first kappa shape index (κ1) is 20.4. The van der Waals surface area contributed by atoms with Crippen molar-refractivity contribution in [3.8, 4) is 11.3 Å². The van der Waals surface area contributed by atoms with Crippen molar-refractivity contribution in [1.29, 1.82) is 0 Å². The molecule has 3 aromatic rings. The van der Waals surface area contributed by atoms with Crippen LogP contribution in [0.2, 0.25) is 0 Å². The summed E-state index contributed by atoms with van der Waals surface area (Å²) in [5.41, 5.74) is 1.98. The van der Waals surface area contributed by atoms with Crippen molar-refractivity contribution in [2.45, 2.75) is 64.2 Å². The van der Waals surface area contributed by atoms with Crippen LogP contribution in [0.1, 0.15) is 50.8 Å². The molecule has 1 fully saturated rings. The largest absolute Gasteiger partial charge is 0.387 e. The molecule has 1 aliphatic rings. The number of hydrogen-bond donors (Lipinski definition) is 3. The fourth-order valence-corrected chi connectivity index (χ4v) is 3.19. The summed E-state index contributed by atoms with van der Waals surface area (Å²) in [7, 11) is 0. The van der Waals surface area contributed by atoms with Crippen LogP contribution in [0, 0.1) is 6.92 Å². The Labute approximate surface area is 176 Å². The Hall–Kier alpha value is -2.84. The highest BCUT2D eigenvalue weighted by Gasteiger charge is 2.38. The molecule has 0 radical (unpaired) electrons. The first-order valence-electron chi connectivity index (χ1n) is 10.2. The Balaban J connectivity index is 1.55. The van der Waals surface area contributed by atoms with Gasteiger partial charge in [-0.25, -0.2) is 14.6 Å². The standard InChI is InChI=1S/C22H28N6O2/c1-14-9-16(19-12-28(27-26-19)13-22(4,30)21(2,3)29)11-17(10-14)24-20-23-8-7-18(25-20)15-5-6-15/h7-12,15,29-30H,5-6,13H2,1-4H3,(H,23,24,25)/t22-/m1/s1. The summed E-state index contributed by atoms with van der Waals surface area (Å²) in [6, 6.07) is 8.00. The molecule has 0 saturated heterocycles. The first-order valence-corrected chi connectivity index (χ1v) is 10.2. The summed E-state index contributed by atoms with van der Waals surface area (Å²) in [6.07, 6.45) is 5.95. The minimum absolute atomic E-state index is 0.127. The van der Waals surface area contributed by atoms with Crippen LogP contribution in [0.3, 0.4) is 0 Å². The van der Waals surface area contributed by atoms with Crippen LogP contribution in [-0.4, -0.2) is 46.4 Å². The van der Waals surface area contributed by atoms with E-state index < -0.39 is 11.2 Å². The van der Waals surface area contributed by atoms with Gasteiger partial charge in [0.15, 0.2) is 0 Å². The second-order valence-corrected chi connectivity index (χ2v) is 8.93. The quantitative estimate of drug-likeness (QED) is 0.551. The Bertz CT molecular complexity index is 1050. The molecule has 0 amide bonds. The summed E-state index contributed by atoms with van der Waals surface area (Å²) >= 11 is 0. The number of hydrogen-bond acceptors (Lipinski definition) is 7. The summed E-state index contributed by atoms with van der Waals surface area (Å²) in [6.45, 7) is 6.87. The average Bonchev–Trinajstić information content (AvgIpc) is 3.40. The molecular weight excluding hydrogens is 380 g/mol. The average molecular weight is 409 g/mol. The predicted octanol–water partition coefficient (Wildman–Crippen LogP) is 3.19. The minimum Gasteiger partial charge on any atom is -0.387 e. The van der Waals surface area contributed by atoms with Crippen LogP contribution < -0.4 is 5.32 Å². The van der Waals surface area contributed by atoms with Crippen LogP contribution in [0.25, 0.3) is 11.3 Å². The molecule has 8 nitrogen and oxygen atoms in total. The van der Waals surface area contributed by atoms with Gasteiger partial charge in [-0.3, -0.25) is 0 Å². The van der Waals surface area contributed by atoms with E-state index in [4.69, 9.17) is 0 Å². The van der Waals surface area contributed by atoms with Crippen molar-refractivity contribution in [2.75, 3.05) is 5.32 Å². The number of anilines is 2. The van der Waals surface area contributed by atoms with Crippen LogP contribution in [-0.2, 0) is 6.54 Å². The first-order chi connectivity index (χ1) is 14.1. The fraction of sp³-hybridized carbons (Fsp3) is 0.455. The van der Waals surface area contributed by atoms with E-state index in [2.05, 4.69) is 25.6 Å². The molecule has 1 saturated carbocycles. The Morgan fingerprint density at radius 1 is 1.17 bits per heavy atom. The lowest BCUT2D eigenvalue weighted by Crippen LogP contribution is -2.50. The Kier molecular flexibility index (Phi) is 5.07. The van der Waals surface area contributed by atoms with Gasteiger partial charge in [0.2, 0.25) is 5.95 Å². The molecule has 1 aliphatic carbocycles. The van der Waals surface area contributed by atoms with Crippen LogP contribution >= 0.6 is 0 Å². The van der Waals surface area contributed by atoms with Gasteiger partial charge in [-0.05, 0) is 70.4 Å². The lowest BCUT2D eigenvalue weighted by atomic mass is 9.88. The number of aliphatic hydroxyl groups is 2. The number of nitrogens with zero attached hydrogens (tertiary/aromatic N) is 5. The van der Waals surface area contributed by atoms with Crippen molar-refractivity contribution in [3.63, 3.8) is 0 Å². The fourth-order valence-electron chi connectivity index (χ4n) is 3.19. The highest BCUT2D eigenvalue weighted by molar-refractivity contribution is 5.68. The third-order valence-electron chi connectivity index (χ3n) is 5.63. The molecule has 1 aromatic carbocycles. The van der Waals surface area contributed by atoms with Crippen LogP contribution in [0.4, 0.5) is 11.6 Å². The molecule has 0 spiro atoms. The second-order valence-electron chi connectivity index (χ2n) is 8.93. The van der Waals surface area contributed by atoms with E-state index >= 15 is 0 Å². The molecule has 2 heterocycles. The molecule has 30 heavy (non-hydrogen) atoms. The van der Waals surface area contributed by atoms with E-state index in [1.165, 1.54) is 12.8 Å². The van der Waals surface area contributed by atoms with Crippen LogP contribution in [0.15, 0.2) is 36.7 Å². The number of aromatic nitrogens is 5. The zero-order chi connectivity index (χ0) is 21.5. The number of rotatable bonds is 7. The van der Waals surface area contributed by atoms with Gasteiger partial charge in [-0.1, -0.05) is 5.21 Å². The number of nitrogens with one attached hydrogen (secondary N) is 1. The second kappa shape index (κ2) is 7.45. The highest BCUT2D eigenvalue weighted by Crippen LogP contribution is 2.39. The number of benzene rings is 1. The van der Waals surface area contributed by atoms with Gasteiger partial charge < -0.3 is 15.5 Å². The van der Waals surface area contributed by atoms with Gasteiger partial charge >= 0.3 is 0 Å². The topological polar surface area (TPSA) is 109 Å².